The minimum atomic E-state index is -0.602. The number of amides is 1. The lowest BCUT2D eigenvalue weighted by Gasteiger charge is -2.37. The van der Waals surface area contributed by atoms with Gasteiger partial charge >= 0.3 is 0 Å². The van der Waals surface area contributed by atoms with Gasteiger partial charge in [0, 0.05) is 42.8 Å². The Morgan fingerprint density at radius 3 is 2.89 bits per heavy atom. The normalized spacial score (nSPS) is 24.4. The number of piperazine rings is 1. The van der Waals surface area contributed by atoms with E-state index >= 15 is 0 Å². The predicted octanol–water partition coefficient (Wildman–Crippen LogP) is 1.11. The zero-order chi connectivity index (χ0) is 14.0. The number of rotatable bonds is 3. The van der Waals surface area contributed by atoms with Crippen LogP contribution in [0.2, 0.25) is 0 Å². The van der Waals surface area contributed by atoms with Crippen LogP contribution in [0.25, 0.3) is 0 Å². The molecule has 1 heterocycles. The molecule has 1 fully saturated rings. The van der Waals surface area contributed by atoms with Crippen molar-refractivity contribution in [3.05, 3.63) is 35.1 Å². The molecule has 2 unspecified atom stereocenters. The molecular weight excluding hydrogens is 245 g/mol. The fourth-order valence-corrected chi connectivity index (χ4v) is 2.37. The van der Waals surface area contributed by atoms with E-state index in [2.05, 4.69) is 24.1 Å². The van der Waals surface area contributed by atoms with Crippen LogP contribution >= 0.6 is 0 Å². The maximum Gasteiger partial charge on any atom is 0.248 e. The van der Waals surface area contributed by atoms with Crippen molar-refractivity contribution in [3.63, 3.8) is 0 Å². The summed E-state index contributed by atoms with van der Waals surface area (Å²) in [6.45, 7) is 6.58. The molecule has 1 amide bonds. The number of hydrogen-bond donors (Lipinski definition) is 2. The van der Waals surface area contributed by atoms with Gasteiger partial charge in [-0.1, -0.05) is 6.07 Å². The minimum Gasteiger partial charge on any atom is -0.366 e. The van der Waals surface area contributed by atoms with E-state index in [0.29, 0.717) is 24.2 Å². The van der Waals surface area contributed by atoms with Crippen LogP contribution < -0.4 is 11.1 Å². The van der Waals surface area contributed by atoms with E-state index in [9.17, 15) is 9.18 Å². The summed E-state index contributed by atoms with van der Waals surface area (Å²) >= 11 is 0. The first kappa shape index (κ1) is 14.0. The molecule has 4 nitrogen and oxygen atoms in total. The van der Waals surface area contributed by atoms with Crippen LogP contribution in [0.15, 0.2) is 18.2 Å². The lowest BCUT2D eigenvalue weighted by Crippen LogP contribution is -2.53. The number of nitrogens with one attached hydrogen (secondary N) is 1. The molecule has 0 spiro atoms. The zero-order valence-electron chi connectivity index (χ0n) is 11.3. The van der Waals surface area contributed by atoms with Crippen LogP contribution in [-0.4, -0.2) is 36.0 Å². The molecule has 0 aliphatic carbocycles. The van der Waals surface area contributed by atoms with Crippen LogP contribution in [0.3, 0.4) is 0 Å². The SMILES string of the molecule is CC1CN(Cc2ccc(C(N)=O)cc2F)C(C)CN1. The highest BCUT2D eigenvalue weighted by atomic mass is 19.1. The highest BCUT2D eigenvalue weighted by molar-refractivity contribution is 5.92. The quantitative estimate of drug-likeness (QED) is 0.860. The fourth-order valence-electron chi connectivity index (χ4n) is 2.37. The third-order valence-electron chi connectivity index (χ3n) is 3.60. The minimum absolute atomic E-state index is 0.211. The molecule has 0 radical (unpaired) electrons. The second-order valence-corrected chi connectivity index (χ2v) is 5.26. The zero-order valence-corrected chi connectivity index (χ0v) is 11.3. The van der Waals surface area contributed by atoms with Crippen molar-refractivity contribution in [3.8, 4) is 0 Å². The molecule has 5 heteroatoms. The monoisotopic (exact) mass is 265 g/mol. The molecule has 1 aliphatic heterocycles. The van der Waals surface area contributed by atoms with E-state index in [1.807, 2.05) is 0 Å². The van der Waals surface area contributed by atoms with Crippen LogP contribution in [-0.2, 0) is 6.54 Å². The van der Waals surface area contributed by atoms with Gasteiger partial charge in [0.15, 0.2) is 0 Å². The van der Waals surface area contributed by atoms with Gasteiger partial charge in [-0.15, -0.1) is 0 Å². The lowest BCUT2D eigenvalue weighted by molar-refractivity contribution is 0.0999. The first-order valence-electron chi connectivity index (χ1n) is 6.53. The van der Waals surface area contributed by atoms with E-state index in [1.54, 1.807) is 12.1 Å². The van der Waals surface area contributed by atoms with Crippen LogP contribution in [0.4, 0.5) is 4.39 Å². The molecule has 19 heavy (non-hydrogen) atoms. The summed E-state index contributed by atoms with van der Waals surface area (Å²) in [6, 6.07) is 5.22. The molecule has 2 rings (SSSR count). The van der Waals surface area contributed by atoms with Crippen LogP contribution in [0.1, 0.15) is 29.8 Å². The summed E-state index contributed by atoms with van der Waals surface area (Å²) in [4.78, 5) is 13.2. The number of halogens is 1. The average molecular weight is 265 g/mol. The number of carbonyl (C=O) groups excluding carboxylic acids is 1. The van der Waals surface area contributed by atoms with E-state index < -0.39 is 5.91 Å². The third-order valence-corrected chi connectivity index (χ3v) is 3.60. The number of benzene rings is 1. The average Bonchev–Trinajstić information content (AvgIpc) is 2.36. The summed E-state index contributed by atoms with van der Waals surface area (Å²) < 4.78 is 13.9. The Morgan fingerprint density at radius 2 is 2.26 bits per heavy atom. The van der Waals surface area contributed by atoms with Gasteiger partial charge in [-0.25, -0.2) is 4.39 Å². The smallest absolute Gasteiger partial charge is 0.248 e. The van der Waals surface area contributed by atoms with E-state index in [4.69, 9.17) is 5.73 Å². The van der Waals surface area contributed by atoms with Gasteiger partial charge in [0.05, 0.1) is 0 Å². The van der Waals surface area contributed by atoms with Gasteiger partial charge in [0.25, 0.3) is 0 Å². The summed E-state index contributed by atoms with van der Waals surface area (Å²) in [5.74, 6) is -0.968. The van der Waals surface area contributed by atoms with E-state index in [-0.39, 0.29) is 11.4 Å². The highest BCUT2D eigenvalue weighted by Gasteiger charge is 2.23. The molecule has 1 aliphatic rings. The van der Waals surface area contributed by atoms with Crippen molar-refractivity contribution in [2.24, 2.45) is 5.73 Å². The summed E-state index contributed by atoms with van der Waals surface area (Å²) in [6.07, 6.45) is 0. The molecule has 1 saturated heterocycles. The Kier molecular flexibility index (Phi) is 4.17. The van der Waals surface area contributed by atoms with Crippen molar-refractivity contribution in [1.82, 2.24) is 10.2 Å². The first-order chi connectivity index (χ1) is 8.97. The van der Waals surface area contributed by atoms with Crippen molar-refractivity contribution >= 4 is 5.91 Å². The number of hydrogen-bond acceptors (Lipinski definition) is 3. The molecule has 3 N–H and O–H groups in total. The molecule has 0 saturated carbocycles. The largest absolute Gasteiger partial charge is 0.366 e. The van der Waals surface area contributed by atoms with Gasteiger partial charge in [0.1, 0.15) is 5.82 Å². The summed E-state index contributed by atoms with van der Waals surface area (Å²) in [5.41, 5.74) is 5.95. The fraction of sp³-hybridized carbons (Fsp3) is 0.500. The van der Waals surface area contributed by atoms with Gasteiger partial charge in [-0.2, -0.15) is 0 Å². The predicted molar refractivity (Wildman–Crippen MR) is 72.3 cm³/mol. The Morgan fingerprint density at radius 1 is 1.53 bits per heavy atom. The number of nitrogens with two attached hydrogens (primary N) is 1. The maximum absolute atomic E-state index is 13.9. The van der Waals surface area contributed by atoms with E-state index in [1.165, 1.54) is 6.07 Å². The van der Waals surface area contributed by atoms with Crippen molar-refractivity contribution < 1.29 is 9.18 Å². The van der Waals surface area contributed by atoms with Gasteiger partial charge < -0.3 is 11.1 Å². The standard InChI is InChI=1S/C14H20FN3O/c1-9-7-18(10(2)6-17-9)8-12-4-3-11(14(16)19)5-13(12)15/h3-5,9-10,17H,6-8H2,1-2H3,(H2,16,19). The highest BCUT2D eigenvalue weighted by Crippen LogP contribution is 2.16. The molecule has 0 bridgehead atoms. The van der Waals surface area contributed by atoms with Crippen LogP contribution in [0, 0.1) is 5.82 Å². The Hall–Kier alpha value is -1.46. The Bertz CT molecular complexity index is 478. The van der Waals surface area contributed by atoms with Crippen LogP contribution in [0.5, 0.6) is 0 Å². The van der Waals surface area contributed by atoms with Crippen molar-refractivity contribution in [2.45, 2.75) is 32.5 Å². The molecule has 2 atom stereocenters. The Balaban J connectivity index is 2.12. The van der Waals surface area contributed by atoms with E-state index in [0.717, 1.165) is 13.1 Å². The molecule has 1 aromatic rings. The number of nitrogens with zero attached hydrogens (tertiary/aromatic N) is 1. The maximum atomic E-state index is 13.9. The molecular formula is C14H20FN3O. The Labute approximate surface area is 112 Å². The van der Waals surface area contributed by atoms with Gasteiger partial charge in [-0.3, -0.25) is 9.69 Å². The molecule has 104 valence electrons. The number of carbonyl (C=O) groups is 1. The third kappa shape index (κ3) is 3.30. The van der Waals surface area contributed by atoms with Gasteiger partial charge in [0.2, 0.25) is 5.91 Å². The second-order valence-electron chi connectivity index (χ2n) is 5.26. The summed E-state index contributed by atoms with van der Waals surface area (Å²) in [5, 5.41) is 3.39. The first-order valence-corrected chi connectivity index (χ1v) is 6.53. The second kappa shape index (κ2) is 5.67. The number of primary amides is 1. The van der Waals surface area contributed by atoms with Crippen molar-refractivity contribution in [1.29, 1.82) is 0 Å². The van der Waals surface area contributed by atoms with Crippen molar-refractivity contribution in [2.75, 3.05) is 13.1 Å². The molecule has 1 aromatic carbocycles. The van der Waals surface area contributed by atoms with Gasteiger partial charge in [-0.05, 0) is 26.0 Å². The molecule has 0 aromatic heterocycles. The topological polar surface area (TPSA) is 58.4 Å². The summed E-state index contributed by atoms with van der Waals surface area (Å²) in [7, 11) is 0. The lowest BCUT2D eigenvalue weighted by atomic mass is 10.1.